The van der Waals surface area contributed by atoms with Gasteiger partial charge in [0.2, 0.25) is 0 Å². The lowest BCUT2D eigenvalue weighted by atomic mass is 9.76. The molecule has 2 unspecified atom stereocenters. The van der Waals surface area contributed by atoms with Gasteiger partial charge in [0.25, 0.3) is 11.6 Å². The van der Waals surface area contributed by atoms with Crippen LogP contribution in [0.2, 0.25) is 0 Å². The Bertz CT molecular complexity index is 1330. The highest BCUT2D eigenvalue weighted by Crippen LogP contribution is 2.35. The molecule has 4 aromatic rings. The number of allylic oxidation sites excluding steroid dienone is 1. The maximum atomic E-state index is 5.58. The highest BCUT2D eigenvalue weighted by atomic mass is 16.5. The van der Waals surface area contributed by atoms with E-state index in [1.54, 1.807) is 4.90 Å². The van der Waals surface area contributed by atoms with Crippen molar-refractivity contribution in [2.75, 3.05) is 26.7 Å². The molecule has 0 radical (unpaired) electrons. The van der Waals surface area contributed by atoms with E-state index in [9.17, 15) is 0 Å². The number of likely N-dealkylation sites (tertiary alicyclic amines) is 1. The number of nitrogens with one attached hydrogen (secondary N) is 5. The molecule has 1 saturated heterocycles. The molecule has 36 heavy (non-hydrogen) atoms. The third-order valence-corrected chi connectivity index (χ3v) is 7.99. The van der Waals surface area contributed by atoms with Gasteiger partial charge in [0.1, 0.15) is 17.1 Å². The van der Waals surface area contributed by atoms with E-state index in [1.165, 1.54) is 37.3 Å². The van der Waals surface area contributed by atoms with Gasteiger partial charge in [-0.3, -0.25) is 0 Å². The van der Waals surface area contributed by atoms with Crippen molar-refractivity contribution < 1.29 is 19.6 Å². The van der Waals surface area contributed by atoms with Crippen LogP contribution in [0.4, 0.5) is 0 Å². The molecule has 188 valence electrons. The Balaban J connectivity index is 1.39. The SMILES string of the molecule is C=CC(C1CC[NH+](C)CC1)C(C)c1[nH+]c(-c2ccc3[nH+]c(-c4ccc(OCC)cc4)[nH]c3c2)[nH]c1C. The van der Waals surface area contributed by atoms with Crippen LogP contribution in [0.5, 0.6) is 5.75 Å². The summed E-state index contributed by atoms with van der Waals surface area (Å²) in [5.41, 5.74) is 6.88. The van der Waals surface area contributed by atoms with Crippen molar-refractivity contribution in [2.24, 2.45) is 11.8 Å². The number of hydrogen-bond donors (Lipinski definition) is 3. The Morgan fingerprint density at radius 1 is 1.06 bits per heavy atom. The van der Waals surface area contributed by atoms with Crippen LogP contribution in [0.1, 0.15) is 44.0 Å². The van der Waals surface area contributed by atoms with E-state index >= 15 is 0 Å². The predicted molar refractivity (Wildman–Crippen MR) is 144 cm³/mol. The summed E-state index contributed by atoms with van der Waals surface area (Å²) in [6.07, 6.45) is 4.75. The van der Waals surface area contributed by atoms with Crippen LogP contribution in [0, 0.1) is 18.8 Å². The molecule has 6 heteroatoms. The molecule has 5 N–H and O–H groups in total. The fraction of sp³-hybridized carbons (Fsp3) is 0.400. The number of ether oxygens (including phenoxy) is 1. The molecule has 0 spiro atoms. The topological polar surface area (TPSA) is 73.5 Å². The Morgan fingerprint density at radius 3 is 2.44 bits per heavy atom. The van der Waals surface area contributed by atoms with Gasteiger partial charge in [0.05, 0.1) is 37.9 Å². The number of imidazole rings is 2. The largest absolute Gasteiger partial charge is 0.494 e. The first-order valence-corrected chi connectivity index (χ1v) is 13.3. The van der Waals surface area contributed by atoms with Crippen molar-refractivity contribution >= 4 is 11.0 Å². The lowest BCUT2D eigenvalue weighted by Crippen LogP contribution is -3.10. The summed E-state index contributed by atoms with van der Waals surface area (Å²) < 4.78 is 5.58. The molecule has 2 aromatic heterocycles. The quantitative estimate of drug-likeness (QED) is 0.324. The number of piperidine rings is 1. The van der Waals surface area contributed by atoms with E-state index in [-0.39, 0.29) is 0 Å². The number of quaternary nitrogens is 1. The van der Waals surface area contributed by atoms with Gasteiger partial charge in [-0.25, -0.2) is 19.9 Å². The van der Waals surface area contributed by atoms with Crippen LogP contribution in [-0.2, 0) is 0 Å². The van der Waals surface area contributed by atoms with E-state index in [4.69, 9.17) is 4.74 Å². The maximum absolute atomic E-state index is 5.58. The van der Waals surface area contributed by atoms with E-state index in [0.29, 0.717) is 24.4 Å². The minimum atomic E-state index is 0.393. The van der Waals surface area contributed by atoms with Crippen molar-refractivity contribution in [1.82, 2.24) is 9.97 Å². The number of aromatic nitrogens is 4. The van der Waals surface area contributed by atoms with E-state index < -0.39 is 0 Å². The highest BCUT2D eigenvalue weighted by molar-refractivity contribution is 5.79. The number of rotatable bonds is 8. The Hall–Kier alpha value is -3.38. The van der Waals surface area contributed by atoms with Crippen molar-refractivity contribution in [3.05, 3.63) is 66.5 Å². The molecule has 0 bridgehead atoms. The zero-order valence-electron chi connectivity index (χ0n) is 22.0. The molecular weight excluding hydrogens is 446 g/mol. The Labute approximate surface area is 213 Å². The number of fused-ring (bicyclic) bond motifs is 1. The molecule has 6 nitrogen and oxygen atoms in total. The van der Waals surface area contributed by atoms with Gasteiger partial charge >= 0.3 is 0 Å². The van der Waals surface area contributed by atoms with Gasteiger partial charge in [-0.05, 0) is 55.2 Å². The summed E-state index contributed by atoms with van der Waals surface area (Å²) in [4.78, 5) is 16.1. The molecule has 1 aliphatic rings. The summed E-state index contributed by atoms with van der Waals surface area (Å²) in [7, 11) is 2.30. The molecule has 1 aliphatic heterocycles. The Morgan fingerprint density at radius 2 is 1.75 bits per heavy atom. The van der Waals surface area contributed by atoms with Crippen LogP contribution in [-0.4, -0.2) is 36.7 Å². The molecule has 2 atom stereocenters. The predicted octanol–water partition coefficient (Wildman–Crippen LogP) is 4.00. The van der Waals surface area contributed by atoms with Crippen molar-refractivity contribution in [3.63, 3.8) is 0 Å². The third kappa shape index (κ3) is 4.82. The minimum Gasteiger partial charge on any atom is -0.494 e. The molecule has 0 amide bonds. The molecule has 2 aromatic carbocycles. The van der Waals surface area contributed by atoms with Gasteiger partial charge in [0, 0.05) is 31.7 Å². The zero-order valence-corrected chi connectivity index (χ0v) is 22.0. The Kier molecular flexibility index (Phi) is 6.97. The normalized spacial score (nSPS) is 19.8. The number of hydrogen-bond acceptors (Lipinski definition) is 1. The lowest BCUT2D eigenvalue weighted by molar-refractivity contribution is -0.886. The van der Waals surface area contributed by atoms with Crippen LogP contribution >= 0.6 is 0 Å². The summed E-state index contributed by atoms with van der Waals surface area (Å²) in [5, 5.41) is 0. The standard InChI is InChI=1S/C30H37N5O/c1-6-25(21-14-16-35(5)17-15-21)19(3)28-20(4)31-30(34-28)23-10-13-26-27(18-23)33-29(32-26)22-8-11-24(12-9-22)36-7-2/h6,8-13,18-19,21,25H,1,7,14-17H2,2-5H3,(H,31,34)(H,32,33)/p+3. The fourth-order valence-electron chi connectivity index (χ4n) is 5.87. The molecule has 0 saturated carbocycles. The van der Waals surface area contributed by atoms with Crippen molar-refractivity contribution in [3.8, 4) is 28.5 Å². The first kappa shape index (κ1) is 24.3. The summed E-state index contributed by atoms with van der Waals surface area (Å²) in [6.45, 7) is 13.9. The van der Waals surface area contributed by atoms with Gasteiger partial charge in [-0.15, -0.1) is 6.58 Å². The molecule has 3 heterocycles. The first-order chi connectivity index (χ1) is 17.5. The molecule has 1 fully saturated rings. The maximum Gasteiger partial charge on any atom is 0.285 e. The van der Waals surface area contributed by atoms with Gasteiger partial charge in [0.15, 0.2) is 11.0 Å². The number of H-pyrrole nitrogens is 4. The zero-order chi connectivity index (χ0) is 25.2. The van der Waals surface area contributed by atoms with E-state index in [2.05, 4.69) is 83.8 Å². The van der Waals surface area contributed by atoms with Crippen molar-refractivity contribution in [2.45, 2.75) is 39.5 Å². The van der Waals surface area contributed by atoms with Gasteiger partial charge < -0.3 is 9.64 Å². The fourth-order valence-corrected chi connectivity index (χ4v) is 5.87. The summed E-state index contributed by atoms with van der Waals surface area (Å²) in [5.74, 6) is 4.50. The molecule has 0 aliphatic carbocycles. The smallest absolute Gasteiger partial charge is 0.285 e. The first-order valence-electron chi connectivity index (χ1n) is 13.3. The van der Waals surface area contributed by atoms with Gasteiger partial charge in [-0.1, -0.05) is 13.0 Å². The molecule has 5 rings (SSSR count). The second-order valence-electron chi connectivity index (χ2n) is 10.4. The third-order valence-electron chi connectivity index (χ3n) is 7.99. The lowest BCUT2D eigenvalue weighted by Gasteiger charge is -2.33. The highest BCUT2D eigenvalue weighted by Gasteiger charge is 2.33. The second kappa shape index (κ2) is 10.3. The summed E-state index contributed by atoms with van der Waals surface area (Å²) in [6, 6.07) is 14.7. The summed E-state index contributed by atoms with van der Waals surface area (Å²) >= 11 is 0. The van der Waals surface area contributed by atoms with E-state index in [1.807, 2.05) is 19.1 Å². The van der Waals surface area contributed by atoms with Gasteiger partial charge in [-0.2, -0.15) is 0 Å². The average Bonchev–Trinajstić information content (AvgIpc) is 3.49. The van der Waals surface area contributed by atoms with Crippen LogP contribution < -0.4 is 19.6 Å². The monoisotopic (exact) mass is 486 g/mol. The van der Waals surface area contributed by atoms with Crippen molar-refractivity contribution in [1.29, 1.82) is 0 Å². The number of aryl methyl sites for hydroxylation is 1. The van der Waals surface area contributed by atoms with Crippen LogP contribution in [0.25, 0.3) is 33.8 Å². The minimum absolute atomic E-state index is 0.393. The van der Waals surface area contributed by atoms with Crippen LogP contribution in [0.15, 0.2) is 55.1 Å². The van der Waals surface area contributed by atoms with Crippen LogP contribution in [0.3, 0.4) is 0 Å². The average molecular weight is 487 g/mol. The van der Waals surface area contributed by atoms with E-state index in [0.717, 1.165) is 39.6 Å². The number of aromatic amines is 4. The number of benzene rings is 2. The second-order valence-corrected chi connectivity index (χ2v) is 10.4. The molecular formula is C30H40N5O+3.